The molecule has 2 heterocycles. The van der Waals surface area contributed by atoms with E-state index in [4.69, 9.17) is 16.7 Å². The van der Waals surface area contributed by atoms with Gasteiger partial charge in [0.2, 0.25) is 5.91 Å². The Balaban J connectivity index is 1.50. The molecule has 1 aliphatic rings. The fourth-order valence-corrected chi connectivity index (χ4v) is 4.51. The zero-order chi connectivity index (χ0) is 24.9. The van der Waals surface area contributed by atoms with Gasteiger partial charge in [-0.1, -0.05) is 73.8 Å². The number of hydrogen-bond donors (Lipinski definition) is 1. The average Bonchev–Trinajstić information content (AvgIpc) is 3.32. The highest BCUT2D eigenvalue weighted by molar-refractivity contribution is 6.30. The van der Waals surface area contributed by atoms with Gasteiger partial charge in [-0.2, -0.15) is 5.10 Å². The lowest BCUT2D eigenvalue weighted by atomic mass is 10.1. The minimum Gasteiger partial charge on any atom is -0.387 e. The molecule has 1 aromatic heterocycles. The number of carbonyl (C=O) groups is 2. The summed E-state index contributed by atoms with van der Waals surface area (Å²) in [7, 11) is 1.65. The Bertz CT molecular complexity index is 1160. The van der Waals surface area contributed by atoms with Gasteiger partial charge >= 0.3 is 0 Å². The third-order valence-corrected chi connectivity index (χ3v) is 6.68. The molecule has 2 atom stereocenters. The molecule has 0 spiro atoms. The van der Waals surface area contributed by atoms with Gasteiger partial charge in [-0.05, 0) is 30.2 Å². The summed E-state index contributed by atoms with van der Waals surface area (Å²) in [5, 5.41) is 15.9. The molecule has 8 heteroatoms. The summed E-state index contributed by atoms with van der Waals surface area (Å²) in [6.07, 6.45) is 2.11. The summed E-state index contributed by atoms with van der Waals surface area (Å²) >= 11 is 6.03. The van der Waals surface area contributed by atoms with Gasteiger partial charge in [-0.3, -0.25) is 14.3 Å². The number of rotatable bonds is 9. The Labute approximate surface area is 210 Å². The predicted octanol–water partition coefficient (Wildman–Crippen LogP) is 4.58. The van der Waals surface area contributed by atoms with Crippen LogP contribution in [0.1, 0.15) is 54.4 Å². The lowest BCUT2D eigenvalue weighted by Crippen LogP contribution is -2.48. The maximum absolute atomic E-state index is 13.4. The number of aliphatic hydroxyl groups excluding tert-OH is 1. The lowest BCUT2D eigenvalue weighted by Gasteiger charge is -2.34. The van der Waals surface area contributed by atoms with Crippen LogP contribution in [0.25, 0.3) is 11.3 Å². The molecule has 0 radical (unpaired) electrons. The monoisotopic (exact) mass is 494 g/mol. The van der Waals surface area contributed by atoms with E-state index in [-0.39, 0.29) is 30.9 Å². The van der Waals surface area contributed by atoms with Gasteiger partial charge in [-0.15, -0.1) is 0 Å². The van der Waals surface area contributed by atoms with Crippen LogP contribution < -0.4 is 0 Å². The first-order valence-electron chi connectivity index (χ1n) is 12.0. The lowest BCUT2D eigenvalue weighted by molar-refractivity contribution is -0.132. The molecule has 35 heavy (non-hydrogen) atoms. The molecule has 0 aliphatic carbocycles. The van der Waals surface area contributed by atoms with Crippen molar-refractivity contribution >= 4 is 23.4 Å². The number of hydrogen-bond acceptors (Lipinski definition) is 4. The predicted molar refractivity (Wildman–Crippen MR) is 136 cm³/mol. The van der Waals surface area contributed by atoms with Crippen LogP contribution in [-0.2, 0) is 4.79 Å². The molecule has 1 N–H and O–H groups in total. The molecule has 184 valence electrons. The van der Waals surface area contributed by atoms with E-state index in [0.29, 0.717) is 23.0 Å². The van der Waals surface area contributed by atoms with E-state index in [0.717, 1.165) is 30.4 Å². The van der Waals surface area contributed by atoms with Gasteiger partial charge in [0.15, 0.2) is 0 Å². The number of benzene rings is 2. The summed E-state index contributed by atoms with van der Waals surface area (Å²) < 4.78 is 1.83. The van der Waals surface area contributed by atoms with Crippen molar-refractivity contribution in [2.24, 2.45) is 0 Å². The smallest absolute Gasteiger partial charge is 0.272 e. The van der Waals surface area contributed by atoms with E-state index in [9.17, 15) is 14.7 Å². The molecule has 2 amide bonds. The molecule has 0 saturated carbocycles. The summed E-state index contributed by atoms with van der Waals surface area (Å²) in [6, 6.07) is 18.4. The number of aromatic nitrogens is 2. The Morgan fingerprint density at radius 1 is 1.20 bits per heavy atom. The van der Waals surface area contributed by atoms with Crippen molar-refractivity contribution in [2.75, 3.05) is 26.7 Å². The van der Waals surface area contributed by atoms with Crippen LogP contribution in [0.15, 0.2) is 60.7 Å². The molecule has 3 aromatic rings. The Morgan fingerprint density at radius 2 is 1.91 bits per heavy atom. The molecule has 2 unspecified atom stereocenters. The Kier molecular flexibility index (Phi) is 7.88. The number of nitrogens with zero attached hydrogens (tertiary/aromatic N) is 4. The molecule has 7 nitrogen and oxygen atoms in total. The van der Waals surface area contributed by atoms with Crippen molar-refractivity contribution in [2.45, 2.75) is 38.3 Å². The number of amides is 2. The van der Waals surface area contributed by atoms with Crippen LogP contribution in [0.3, 0.4) is 0 Å². The van der Waals surface area contributed by atoms with Crippen molar-refractivity contribution in [3.05, 3.63) is 76.9 Å². The SMILES string of the molecule is CCCCC1CN(CC(=O)N(C)CC(O)c2ccccc2)C(=O)c2cc(-c3ccc(Cl)cc3)nn21. The van der Waals surface area contributed by atoms with Crippen LogP contribution in [0, 0.1) is 0 Å². The van der Waals surface area contributed by atoms with Crippen molar-refractivity contribution in [3.8, 4) is 11.3 Å². The number of carbonyl (C=O) groups excluding carboxylic acids is 2. The first kappa shape index (κ1) is 24.9. The topological polar surface area (TPSA) is 78.7 Å². The van der Waals surface area contributed by atoms with Crippen molar-refractivity contribution in [3.63, 3.8) is 0 Å². The van der Waals surface area contributed by atoms with Gasteiger partial charge < -0.3 is 14.9 Å². The highest BCUT2D eigenvalue weighted by Crippen LogP contribution is 2.30. The minimum absolute atomic E-state index is 0.00304. The van der Waals surface area contributed by atoms with E-state index in [1.54, 1.807) is 30.1 Å². The van der Waals surface area contributed by atoms with Crippen LogP contribution in [0.5, 0.6) is 0 Å². The summed E-state index contributed by atoms with van der Waals surface area (Å²) in [4.78, 5) is 29.5. The normalized spacial score (nSPS) is 16.2. The van der Waals surface area contributed by atoms with Crippen molar-refractivity contribution in [1.82, 2.24) is 19.6 Å². The number of unbranched alkanes of at least 4 members (excludes halogenated alkanes) is 1. The minimum atomic E-state index is -0.789. The molecule has 1 aliphatic heterocycles. The average molecular weight is 495 g/mol. The fourth-order valence-electron chi connectivity index (χ4n) is 4.39. The van der Waals surface area contributed by atoms with Crippen molar-refractivity contribution < 1.29 is 14.7 Å². The Morgan fingerprint density at radius 3 is 2.60 bits per heavy atom. The first-order valence-corrected chi connectivity index (χ1v) is 12.4. The quantitative estimate of drug-likeness (QED) is 0.472. The zero-order valence-corrected chi connectivity index (χ0v) is 20.9. The van der Waals surface area contributed by atoms with Crippen LogP contribution in [0.2, 0.25) is 5.02 Å². The van der Waals surface area contributed by atoms with Crippen LogP contribution >= 0.6 is 11.6 Å². The third-order valence-electron chi connectivity index (χ3n) is 6.43. The van der Waals surface area contributed by atoms with Crippen molar-refractivity contribution in [1.29, 1.82) is 0 Å². The van der Waals surface area contributed by atoms with E-state index in [2.05, 4.69) is 6.92 Å². The number of likely N-dealkylation sites (N-methyl/N-ethyl adjacent to an activating group) is 1. The first-order chi connectivity index (χ1) is 16.9. The van der Waals surface area contributed by atoms with Gasteiger partial charge in [0.1, 0.15) is 12.2 Å². The maximum atomic E-state index is 13.4. The van der Waals surface area contributed by atoms with Gasteiger partial charge in [0.05, 0.1) is 24.4 Å². The van der Waals surface area contributed by atoms with Crippen LogP contribution in [-0.4, -0.2) is 63.2 Å². The zero-order valence-electron chi connectivity index (χ0n) is 20.1. The van der Waals surface area contributed by atoms with E-state index in [1.165, 1.54) is 4.90 Å². The molecule has 0 fully saturated rings. The van der Waals surface area contributed by atoms with E-state index >= 15 is 0 Å². The van der Waals surface area contributed by atoms with E-state index < -0.39 is 6.10 Å². The highest BCUT2D eigenvalue weighted by atomic mass is 35.5. The largest absolute Gasteiger partial charge is 0.387 e. The standard InChI is InChI=1S/C27H31ClN4O3/c1-3-4-10-22-16-31(18-26(34)30(2)17-25(33)20-8-6-5-7-9-20)27(35)24-15-23(29-32(22)24)19-11-13-21(28)14-12-19/h5-9,11-15,22,25,33H,3-4,10,16-18H2,1-2H3. The van der Waals surface area contributed by atoms with Gasteiger partial charge in [0.25, 0.3) is 5.91 Å². The molecular formula is C27H31ClN4O3. The highest BCUT2D eigenvalue weighted by Gasteiger charge is 2.34. The maximum Gasteiger partial charge on any atom is 0.272 e. The molecule has 0 bridgehead atoms. The summed E-state index contributed by atoms with van der Waals surface area (Å²) in [5.41, 5.74) is 2.83. The van der Waals surface area contributed by atoms with Gasteiger partial charge in [0, 0.05) is 24.2 Å². The van der Waals surface area contributed by atoms with Gasteiger partial charge in [-0.25, -0.2) is 0 Å². The second kappa shape index (κ2) is 11.1. The third kappa shape index (κ3) is 5.74. The van der Waals surface area contributed by atoms with Crippen LogP contribution in [0.4, 0.5) is 0 Å². The number of fused-ring (bicyclic) bond motifs is 1. The molecule has 4 rings (SSSR count). The summed E-state index contributed by atoms with van der Waals surface area (Å²) in [5.74, 6) is -0.427. The molecular weight excluding hydrogens is 464 g/mol. The second-order valence-electron chi connectivity index (χ2n) is 9.05. The molecule has 0 saturated heterocycles. The molecule has 2 aromatic carbocycles. The number of aliphatic hydroxyl groups is 1. The Hall–Kier alpha value is -3.16. The second-order valence-corrected chi connectivity index (χ2v) is 9.49. The van der Waals surface area contributed by atoms with E-state index in [1.807, 2.05) is 47.1 Å². The fraction of sp³-hybridized carbons (Fsp3) is 0.370. The number of halogens is 1. The summed E-state index contributed by atoms with van der Waals surface area (Å²) in [6.45, 7) is 2.67.